The molecule has 1 heterocycles. The van der Waals surface area contributed by atoms with E-state index in [9.17, 15) is 0 Å². The zero-order valence-corrected chi connectivity index (χ0v) is 8.99. The summed E-state index contributed by atoms with van der Waals surface area (Å²) < 4.78 is 5.03. The Morgan fingerprint density at radius 2 is 2.36 bits per heavy atom. The average molecular weight is 196 g/mol. The minimum absolute atomic E-state index is 0.340. The van der Waals surface area contributed by atoms with Crippen LogP contribution in [0, 0.1) is 5.92 Å². The summed E-state index contributed by atoms with van der Waals surface area (Å²) in [6, 6.07) is 2.33. The van der Waals surface area contributed by atoms with E-state index < -0.39 is 0 Å². The fourth-order valence-corrected chi connectivity index (χ4v) is 1.74. The third kappa shape index (κ3) is 3.16. The summed E-state index contributed by atoms with van der Waals surface area (Å²) in [7, 11) is 0. The van der Waals surface area contributed by atoms with Crippen molar-refractivity contribution in [2.75, 3.05) is 0 Å². The van der Waals surface area contributed by atoms with Crippen LogP contribution in [0.2, 0.25) is 0 Å². The van der Waals surface area contributed by atoms with E-state index in [-0.39, 0.29) is 0 Å². The number of hydrazine groups is 1. The van der Waals surface area contributed by atoms with E-state index in [2.05, 4.69) is 19.3 Å². The SMILES string of the molecule is CCCC(C)C(Cc1ccoc1)NN. The van der Waals surface area contributed by atoms with Crippen LogP contribution in [0.4, 0.5) is 0 Å². The highest BCUT2D eigenvalue weighted by Crippen LogP contribution is 2.14. The third-order valence-electron chi connectivity index (χ3n) is 2.68. The summed E-state index contributed by atoms with van der Waals surface area (Å²) in [6.45, 7) is 4.43. The molecule has 1 rings (SSSR count). The van der Waals surface area contributed by atoms with Gasteiger partial charge in [-0.3, -0.25) is 11.3 Å². The molecule has 2 atom stereocenters. The van der Waals surface area contributed by atoms with Gasteiger partial charge in [0, 0.05) is 6.04 Å². The van der Waals surface area contributed by atoms with Gasteiger partial charge in [0.25, 0.3) is 0 Å². The molecule has 0 aliphatic rings. The smallest absolute Gasteiger partial charge is 0.0935 e. The van der Waals surface area contributed by atoms with Crippen molar-refractivity contribution >= 4 is 0 Å². The fourth-order valence-electron chi connectivity index (χ4n) is 1.74. The number of nitrogens with one attached hydrogen (secondary N) is 1. The molecule has 0 aromatic carbocycles. The molecular formula is C11H20N2O. The number of furan rings is 1. The molecule has 0 bridgehead atoms. The molecule has 0 spiro atoms. The van der Waals surface area contributed by atoms with E-state index >= 15 is 0 Å². The van der Waals surface area contributed by atoms with Crippen LogP contribution in [0.15, 0.2) is 23.0 Å². The van der Waals surface area contributed by atoms with Crippen molar-refractivity contribution in [1.29, 1.82) is 0 Å². The predicted octanol–water partition coefficient (Wildman–Crippen LogP) is 2.09. The lowest BCUT2D eigenvalue weighted by atomic mass is 9.93. The maximum Gasteiger partial charge on any atom is 0.0935 e. The average Bonchev–Trinajstić information content (AvgIpc) is 2.66. The number of hydrogen-bond donors (Lipinski definition) is 2. The van der Waals surface area contributed by atoms with E-state index in [1.54, 1.807) is 12.5 Å². The van der Waals surface area contributed by atoms with E-state index in [4.69, 9.17) is 10.3 Å². The van der Waals surface area contributed by atoms with Crippen molar-refractivity contribution in [2.45, 2.75) is 39.2 Å². The Morgan fingerprint density at radius 3 is 2.86 bits per heavy atom. The van der Waals surface area contributed by atoms with Crippen LogP contribution in [0.5, 0.6) is 0 Å². The van der Waals surface area contributed by atoms with E-state index in [0.717, 1.165) is 6.42 Å². The predicted molar refractivity (Wildman–Crippen MR) is 57.6 cm³/mol. The molecule has 1 aromatic heterocycles. The molecule has 3 N–H and O–H groups in total. The first kappa shape index (κ1) is 11.3. The zero-order chi connectivity index (χ0) is 10.4. The highest BCUT2D eigenvalue weighted by atomic mass is 16.3. The molecule has 80 valence electrons. The molecule has 3 nitrogen and oxygen atoms in total. The lowest BCUT2D eigenvalue weighted by Crippen LogP contribution is -2.41. The third-order valence-corrected chi connectivity index (χ3v) is 2.68. The summed E-state index contributed by atoms with van der Waals surface area (Å²) in [4.78, 5) is 0. The Morgan fingerprint density at radius 1 is 1.57 bits per heavy atom. The summed E-state index contributed by atoms with van der Waals surface area (Å²) in [6.07, 6.45) is 6.82. The number of nitrogens with two attached hydrogens (primary N) is 1. The van der Waals surface area contributed by atoms with Gasteiger partial charge in [0.05, 0.1) is 12.5 Å². The van der Waals surface area contributed by atoms with Crippen LogP contribution in [-0.4, -0.2) is 6.04 Å². The molecule has 0 saturated heterocycles. The lowest BCUT2D eigenvalue weighted by molar-refractivity contribution is 0.356. The summed E-state index contributed by atoms with van der Waals surface area (Å²) >= 11 is 0. The van der Waals surface area contributed by atoms with Crippen LogP contribution >= 0.6 is 0 Å². The molecule has 3 heteroatoms. The Hall–Kier alpha value is -0.800. The zero-order valence-electron chi connectivity index (χ0n) is 8.99. The van der Waals surface area contributed by atoms with Gasteiger partial charge in [-0.1, -0.05) is 20.3 Å². The Balaban J connectivity index is 2.46. The molecule has 1 aromatic rings. The molecule has 0 aliphatic heterocycles. The van der Waals surface area contributed by atoms with Crippen LogP contribution in [0.1, 0.15) is 32.3 Å². The van der Waals surface area contributed by atoms with Gasteiger partial charge in [0.2, 0.25) is 0 Å². The van der Waals surface area contributed by atoms with Gasteiger partial charge in [-0.2, -0.15) is 0 Å². The van der Waals surface area contributed by atoms with Gasteiger partial charge >= 0.3 is 0 Å². The minimum Gasteiger partial charge on any atom is -0.472 e. The van der Waals surface area contributed by atoms with Crippen LogP contribution in [-0.2, 0) is 6.42 Å². The monoisotopic (exact) mass is 196 g/mol. The van der Waals surface area contributed by atoms with E-state index in [1.165, 1.54) is 18.4 Å². The molecule has 0 fully saturated rings. The van der Waals surface area contributed by atoms with Crippen molar-refractivity contribution in [3.05, 3.63) is 24.2 Å². The first-order valence-corrected chi connectivity index (χ1v) is 5.25. The van der Waals surface area contributed by atoms with Crippen molar-refractivity contribution in [3.63, 3.8) is 0 Å². The quantitative estimate of drug-likeness (QED) is 0.541. The number of hydrogen-bond acceptors (Lipinski definition) is 3. The van der Waals surface area contributed by atoms with Crippen molar-refractivity contribution in [1.82, 2.24) is 5.43 Å². The maximum atomic E-state index is 5.54. The molecule has 0 radical (unpaired) electrons. The van der Waals surface area contributed by atoms with Gasteiger partial charge in [0.15, 0.2) is 0 Å². The molecule has 0 aliphatic carbocycles. The molecule has 14 heavy (non-hydrogen) atoms. The largest absolute Gasteiger partial charge is 0.472 e. The molecule has 2 unspecified atom stereocenters. The molecule has 0 amide bonds. The van der Waals surface area contributed by atoms with Crippen molar-refractivity contribution < 1.29 is 4.42 Å². The topological polar surface area (TPSA) is 51.2 Å². The molecular weight excluding hydrogens is 176 g/mol. The lowest BCUT2D eigenvalue weighted by Gasteiger charge is -2.22. The van der Waals surface area contributed by atoms with Crippen LogP contribution in [0.25, 0.3) is 0 Å². The Labute approximate surface area is 85.6 Å². The first-order valence-electron chi connectivity index (χ1n) is 5.25. The highest BCUT2D eigenvalue weighted by molar-refractivity contribution is 5.07. The summed E-state index contributed by atoms with van der Waals surface area (Å²) in [5.74, 6) is 6.14. The first-order chi connectivity index (χ1) is 6.77. The highest BCUT2D eigenvalue weighted by Gasteiger charge is 2.15. The van der Waals surface area contributed by atoms with Crippen molar-refractivity contribution in [2.24, 2.45) is 11.8 Å². The van der Waals surface area contributed by atoms with Crippen molar-refractivity contribution in [3.8, 4) is 0 Å². The number of rotatable bonds is 6. The van der Waals surface area contributed by atoms with E-state index in [0.29, 0.717) is 12.0 Å². The Kier molecular flexibility index (Phi) is 4.70. The minimum atomic E-state index is 0.340. The van der Waals surface area contributed by atoms with E-state index in [1.807, 2.05) is 6.07 Å². The standard InChI is InChI=1S/C11H20N2O/c1-3-4-9(2)11(13-12)7-10-5-6-14-8-10/h5-6,8-9,11,13H,3-4,7,12H2,1-2H3. The Bertz CT molecular complexity index is 233. The van der Waals surface area contributed by atoms with Gasteiger partial charge in [-0.15, -0.1) is 0 Å². The van der Waals surface area contributed by atoms with Gasteiger partial charge in [-0.05, 0) is 30.4 Å². The van der Waals surface area contributed by atoms with Gasteiger partial charge in [-0.25, -0.2) is 0 Å². The second kappa shape index (κ2) is 5.83. The fraction of sp³-hybridized carbons (Fsp3) is 0.636. The summed E-state index contributed by atoms with van der Waals surface area (Å²) in [5.41, 5.74) is 4.09. The van der Waals surface area contributed by atoms with Crippen LogP contribution in [0.3, 0.4) is 0 Å². The molecule has 0 saturated carbocycles. The van der Waals surface area contributed by atoms with Gasteiger partial charge < -0.3 is 4.42 Å². The summed E-state index contributed by atoms with van der Waals surface area (Å²) in [5, 5.41) is 0. The normalized spacial score (nSPS) is 15.4. The maximum absolute atomic E-state index is 5.54. The van der Waals surface area contributed by atoms with Gasteiger partial charge in [0.1, 0.15) is 0 Å². The second-order valence-corrected chi connectivity index (χ2v) is 3.87. The second-order valence-electron chi connectivity index (χ2n) is 3.87. The van der Waals surface area contributed by atoms with Crippen LogP contribution < -0.4 is 11.3 Å².